The van der Waals surface area contributed by atoms with Crippen LogP contribution in [0.3, 0.4) is 0 Å². The zero-order chi connectivity index (χ0) is 10.6. The van der Waals surface area contributed by atoms with Crippen LogP contribution in [0.15, 0.2) is 29.3 Å². The Hall–Kier alpha value is -1.51. The first-order valence-electron chi connectivity index (χ1n) is 4.89. The highest BCUT2D eigenvalue weighted by Crippen LogP contribution is 2.29. The molecule has 0 amide bonds. The fraction of sp³-hybridized carbons (Fsp3) is 0.364. The zero-order valence-electron chi connectivity index (χ0n) is 9.23. The molecular weight excluding hydrogens is 174 g/mol. The number of rotatable bonds is 0. The molecule has 14 heavy (non-hydrogen) atoms. The Labute approximate surface area is 85.6 Å². The van der Waals surface area contributed by atoms with Crippen molar-refractivity contribution in [2.45, 2.75) is 13.8 Å². The molecule has 0 fully saturated rings. The fourth-order valence-electron chi connectivity index (χ4n) is 1.24. The van der Waals surface area contributed by atoms with Crippen LogP contribution in [0.2, 0.25) is 0 Å². The van der Waals surface area contributed by atoms with Crippen LogP contribution in [0.4, 0.5) is 11.4 Å². The van der Waals surface area contributed by atoms with Crippen molar-refractivity contribution in [1.82, 2.24) is 5.01 Å². The minimum Gasteiger partial charge on any atom is -0.286 e. The van der Waals surface area contributed by atoms with Crippen molar-refractivity contribution in [2.75, 3.05) is 19.1 Å². The minimum absolute atomic E-state index is 1.03. The number of nitrogens with zero attached hydrogens (tertiary/aromatic N) is 3. The first-order valence-corrected chi connectivity index (χ1v) is 4.89. The lowest BCUT2D eigenvalue weighted by Gasteiger charge is -2.32. The molecule has 0 saturated heterocycles. The summed E-state index contributed by atoms with van der Waals surface area (Å²) >= 11 is 0. The normalized spacial score (nSPS) is 13.1. The van der Waals surface area contributed by atoms with Crippen LogP contribution >= 0.6 is 0 Å². The molecule has 0 N–H and O–H groups in total. The number of hydrogen-bond acceptors (Lipinski definition) is 3. The molecule has 1 aromatic rings. The van der Waals surface area contributed by atoms with Gasteiger partial charge < -0.3 is 0 Å². The summed E-state index contributed by atoms with van der Waals surface area (Å²) in [5.41, 5.74) is 2.17. The number of fused-ring (bicyclic) bond motifs is 1. The third kappa shape index (κ3) is 1.87. The third-order valence-electron chi connectivity index (χ3n) is 2.07. The van der Waals surface area contributed by atoms with E-state index in [-0.39, 0.29) is 0 Å². The molecule has 2 rings (SSSR count). The van der Waals surface area contributed by atoms with Gasteiger partial charge in [0.1, 0.15) is 6.34 Å². The van der Waals surface area contributed by atoms with E-state index in [1.807, 2.05) is 57.5 Å². The first kappa shape index (κ1) is 10.6. The van der Waals surface area contributed by atoms with Crippen molar-refractivity contribution in [3.8, 4) is 0 Å². The summed E-state index contributed by atoms with van der Waals surface area (Å²) in [6.45, 7) is 4.00. The number of aliphatic imine (C=N–C) groups is 1. The van der Waals surface area contributed by atoms with E-state index in [9.17, 15) is 0 Å². The maximum absolute atomic E-state index is 4.28. The highest BCUT2D eigenvalue weighted by molar-refractivity contribution is 5.77. The number of anilines is 1. The summed E-state index contributed by atoms with van der Waals surface area (Å²) in [7, 11) is 3.99. The molecule has 0 radical (unpaired) electrons. The monoisotopic (exact) mass is 191 g/mol. The Kier molecular flexibility index (Phi) is 3.51. The SMILES string of the molecule is CC.CN1C=Nc2ccccc2N1C. The van der Waals surface area contributed by atoms with E-state index in [0.29, 0.717) is 0 Å². The van der Waals surface area contributed by atoms with Crippen molar-refractivity contribution in [3.63, 3.8) is 0 Å². The molecular formula is C11H17N3. The van der Waals surface area contributed by atoms with Crippen molar-refractivity contribution in [1.29, 1.82) is 0 Å². The molecule has 0 bridgehead atoms. The molecule has 0 atom stereocenters. The van der Waals surface area contributed by atoms with E-state index >= 15 is 0 Å². The number of hydrazine groups is 1. The minimum atomic E-state index is 1.03. The van der Waals surface area contributed by atoms with Crippen LogP contribution in [0.25, 0.3) is 0 Å². The number of hydrogen-bond donors (Lipinski definition) is 0. The highest BCUT2D eigenvalue weighted by Gasteiger charge is 2.12. The van der Waals surface area contributed by atoms with Gasteiger partial charge in [-0.2, -0.15) is 0 Å². The molecule has 0 spiro atoms. The first-order chi connectivity index (χ1) is 6.79. The van der Waals surface area contributed by atoms with Gasteiger partial charge in [-0.15, -0.1) is 0 Å². The van der Waals surface area contributed by atoms with Gasteiger partial charge in [-0.3, -0.25) is 10.0 Å². The van der Waals surface area contributed by atoms with Crippen molar-refractivity contribution >= 4 is 17.7 Å². The summed E-state index contributed by atoms with van der Waals surface area (Å²) in [6, 6.07) is 8.08. The molecule has 0 aliphatic carbocycles. The Bertz CT molecular complexity index is 320. The lowest BCUT2D eigenvalue weighted by atomic mass is 10.2. The molecule has 0 unspecified atom stereocenters. The van der Waals surface area contributed by atoms with Crippen molar-refractivity contribution in [3.05, 3.63) is 24.3 Å². The molecule has 1 aromatic carbocycles. The Balaban J connectivity index is 0.000000461. The summed E-state index contributed by atoms with van der Waals surface area (Å²) in [6.07, 6.45) is 1.81. The quantitative estimate of drug-likeness (QED) is 0.628. The van der Waals surface area contributed by atoms with Crippen LogP contribution in [-0.2, 0) is 0 Å². The summed E-state index contributed by atoms with van der Waals surface area (Å²) in [5, 5.41) is 4.00. The number of benzene rings is 1. The highest BCUT2D eigenvalue weighted by atomic mass is 15.6. The second kappa shape index (κ2) is 4.65. The number of para-hydroxylation sites is 2. The smallest absolute Gasteiger partial charge is 0.110 e. The van der Waals surface area contributed by atoms with Crippen LogP contribution in [0, 0.1) is 0 Å². The van der Waals surface area contributed by atoms with E-state index in [4.69, 9.17) is 0 Å². The summed E-state index contributed by atoms with van der Waals surface area (Å²) in [5.74, 6) is 0. The van der Waals surface area contributed by atoms with E-state index < -0.39 is 0 Å². The average Bonchev–Trinajstić information content (AvgIpc) is 2.27. The van der Waals surface area contributed by atoms with Gasteiger partial charge in [-0.05, 0) is 12.1 Å². The van der Waals surface area contributed by atoms with Gasteiger partial charge in [-0.1, -0.05) is 26.0 Å². The molecule has 1 heterocycles. The lowest BCUT2D eigenvalue weighted by molar-refractivity contribution is 0.501. The Morgan fingerprint density at radius 3 is 2.43 bits per heavy atom. The Morgan fingerprint density at radius 1 is 1.07 bits per heavy atom. The molecule has 1 aliphatic heterocycles. The van der Waals surface area contributed by atoms with Gasteiger partial charge in [0.15, 0.2) is 0 Å². The molecule has 3 nitrogen and oxygen atoms in total. The van der Waals surface area contributed by atoms with Gasteiger partial charge in [0.25, 0.3) is 0 Å². The van der Waals surface area contributed by atoms with Gasteiger partial charge in [0.2, 0.25) is 0 Å². The second-order valence-corrected chi connectivity index (χ2v) is 2.83. The zero-order valence-corrected chi connectivity index (χ0v) is 9.23. The van der Waals surface area contributed by atoms with E-state index in [0.717, 1.165) is 11.4 Å². The molecule has 76 valence electrons. The van der Waals surface area contributed by atoms with Crippen LogP contribution in [0.5, 0.6) is 0 Å². The topological polar surface area (TPSA) is 18.8 Å². The van der Waals surface area contributed by atoms with Gasteiger partial charge in [-0.25, -0.2) is 4.99 Å². The van der Waals surface area contributed by atoms with Crippen LogP contribution < -0.4 is 5.01 Å². The van der Waals surface area contributed by atoms with E-state index in [1.165, 1.54) is 0 Å². The standard InChI is InChI=1S/C9H11N3.C2H6/c1-11-7-10-8-5-3-4-6-9(8)12(11)2;1-2/h3-7H,1-2H3;1-2H3. The maximum Gasteiger partial charge on any atom is 0.110 e. The largest absolute Gasteiger partial charge is 0.286 e. The van der Waals surface area contributed by atoms with Crippen LogP contribution in [-0.4, -0.2) is 25.4 Å². The summed E-state index contributed by atoms with van der Waals surface area (Å²) in [4.78, 5) is 4.28. The summed E-state index contributed by atoms with van der Waals surface area (Å²) < 4.78 is 0. The van der Waals surface area contributed by atoms with E-state index in [1.54, 1.807) is 0 Å². The maximum atomic E-state index is 4.28. The molecule has 3 heteroatoms. The fourth-order valence-corrected chi connectivity index (χ4v) is 1.24. The lowest BCUT2D eigenvalue weighted by Crippen LogP contribution is -2.37. The van der Waals surface area contributed by atoms with E-state index in [2.05, 4.69) is 16.1 Å². The van der Waals surface area contributed by atoms with Gasteiger partial charge in [0.05, 0.1) is 11.4 Å². The van der Waals surface area contributed by atoms with Crippen molar-refractivity contribution < 1.29 is 0 Å². The van der Waals surface area contributed by atoms with Crippen molar-refractivity contribution in [2.24, 2.45) is 4.99 Å². The second-order valence-electron chi connectivity index (χ2n) is 2.83. The predicted molar refractivity (Wildman–Crippen MR) is 62.1 cm³/mol. The molecule has 0 aromatic heterocycles. The third-order valence-corrected chi connectivity index (χ3v) is 2.07. The van der Waals surface area contributed by atoms with Gasteiger partial charge in [0, 0.05) is 14.1 Å². The molecule has 1 aliphatic rings. The predicted octanol–water partition coefficient (Wildman–Crippen LogP) is 2.67. The molecule has 0 saturated carbocycles. The average molecular weight is 191 g/mol. The Morgan fingerprint density at radius 2 is 1.71 bits per heavy atom. The van der Waals surface area contributed by atoms with Gasteiger partial charge >= 0.3 is 0 Å². The van der Waals surface area contributed by atoms with Crippen LogP contribution in [0.1, 0.15) is 13.8 Å².